The van der Waals surface area contributed by atoms with Gasteiger partial charge < -0.3 is 15.5 Å². The maximum atomic E-state index is 4.57. The summed E-state index contributed by atoms with van der Waals surface area (Å²) < 4.78 is 1.94. The third-order valence-corrected chi connectivity index (χ3v) is 5.63. The van der Waals surface area contributed by atoms with Crippen LogP contribution in [-0.2, 0) is 19.6 Å². The van der Waals surface area contributed by atoms with E-state index in [4.69, 9.17) is 0 Å². The molecule has 31 heavy (non-hydrogen) atoms. The number of benzene rings is 1. The highest BCUT2D eigenvalue weighted by Crippen LogP contribution is 2.18. The van der Waals surface area contributed by atoms with E-state index in [2.05, 4.69) is 67.0 Å². The van der Waals surface area contributed by atoms with Crippen molar-refractivity contribution in [3.63, 3.8) is 0 Å². The first-order valence-corrected chi connectivity index (χ1v) is 11.0. The van der Waals surface area contributed by atoms with Gasteiger partial charge in [-0.25, -0.2) is 4.98 Å². The molecule has 3 heterocycles. The second-order valence-electron chi connectivity index (χ2n) is 7.82. The van der Waals surface area contributed by atoms with Gasteiger partial charge in [0.15, 0.2) is 5.96 Å². The summed E-state index contributed by atoms with van der Waals surface area (Å²) in [5, 5.41) is 11.2. The number of rotatable bonds is 7. The fraction of sp³-hybridized carbons (Fsp3) is 0.375. The van der Waals surface area contributed by atoms with Crippen molar-refractivity contribution in [3.8, 4) is 0 Å². The number of nitrogens with zero attached hydrogens (tertiary/aromatic N) is 5. The molecule has 0 spiro atoms. The van der Waals surface area contributed by atoms with Crippen LogP contribution in [0.15, 0.2) is 66.0 Å². The van der Waals surface area contributed by atoms with Gasteiger partial charge in [-0.1, -0.05) is 24.3 Å². The quantitative estimate of drug-likeness (QED) is 0.456. The number of aliphatic imine (C=N–C) groups is 1. The van der Waals surface area contributed by atoms with Crippen molar-refractivity contribution >= 4 is 11.8 Å². The molecule has 1 aromatic carbocycles. The van der Waals surface area contributed by atoms with Crippen LogP contribution in [-0.4, -0.2) is 40.9 Å². The lowest BCUT2D eigenvalue weighted by atomic mass is 10.1. The number of piperidine rings is 1. The smallest absolute Gasteiger partial charge is 0.191 e. The van der Waals surface area contributed by atoms with Crippen LogP contribution in [0.2, 0.25) is 0 Å². The van der Waals surface area contributed by atoms with Crippen molar-refractivity contribution in [1.29, 1.82) is 0 Å². The molecule has 4 rings (SSSR count). The van der Waals surface area contributed by atoms with Crippen molar-refractivity contribution < 1.29 is 0 Å². The van der Waals surface area contributed by atoms with Crippen LogP contribution in [0.5, 0.6) is 0 Å². The van der Waals surface area contributed by atoms with Crippen LogP contribution in [0.3, 0.4) is 0 Å². The van der Waals surface area contributed by atoms with E-state index in [1.54, 1.807) is 7.05 Å². The van der Waals surface area contributed by atoms with Gasteiger partial charge in [-0.2, -0.15) is 5.10 Å². The minimum absolute atomic E-state index is 0.701. The van der Waals surface area contributed by atoms with Gasteiger partial charge in [0.25, 0.3) is 0 Å². The van der Waals surface area contributed by atoms with Crippen LogP contribution in [0.4, 0.5) is 5.82 Å². The van der Waals surface area contributed by atoms with Crippen LogP contribution in [0.1, 0.15) is 36.0 Å². The lowest BCUT2D eigenvalue weighted by Crippen LogP contribution is -2.36. The molecule has 162 valence electrons. The van der Waals surface area contributed by atoms with Crippen LogP contribution in [0.25, 0.3) is 0 Å². The standard InChI is InChI=1S/C24H31N7/c1-25-24(27-17-20-10-12-26-23(16-20)30-13-5-2-6-14-30)28-18-21-8-3-4-9-22(21)19-31-15-7-11-29-31/h3-4,7-12,15-16H,2,5-6,13-14,17-19H2,1H3,(H2,25,27,28). The largest absolute Gasteiger partial charge is 0.357 e. The molecule has 1 fully saturated rings. The Morgan fingerprint density at radius 1 is 0.968 bits per heavy atom. The Kier molecular flexibility index (Phi) is 7.16. The molecule has 2 N–H and O–H groups in total. The molecular weight excluding hydrogens is 386 g/mol. The normalized spacial score (nSPS) is 14.5. The zero-order chi connectivity index (χ0) is 21.3. The van der Waals surface area contributed by atoms with E-state index in [-0.39, 0.29) is 0 Å². The van der Waals surface area contributed by atoms with Crippen LogP contribution < -0.4 is 15.5 Å². The number of pyridine rings is 1. The highest BCUT2D eigenvalue weighted by molar-refractivity contribution is 5.79. The summed E-state index contributed by atoms with van der Waals surface area (Å²) in [5.41, 5.74) is 3.68. The molecule has 3 aromatic rings. The van der Waals surface area contributed by atoms with Crippen LogP contribution >= 0.6 is 0 Å². The van der Waals surface area contributed by atoms with Gasteiger partial charge >= 0.3 is 0 Å². The average molecular weight is 418 g/mol. The van der Waals surface area contributed by atoms with Gasteiger partial charge in [0.1, 0.15) is 5.82 Å². The SMILES string of the molecule is CN=C(NCc1ccnc(N2CCCCC2)c1)NCc1ccccc1Cn1cccn1. The Bertz CT molecular complexity index is 975. The molecule has 1 aliphatic rings. The zero-order valence-electron chi connectivity index (χ0n) is 18.2. The molecule has 7 heteroatoms. The number of anilines is 1. The van der Waals surface area contributed by atoms with Gasteiger partial charge in [0.2, 0.25) is 0 Å². The zero-order valence-corrected chi connectivity index (χ0v) is 18.2. The number of nitrogens with one attached hydrogen (secondary N) is 2. The van der Waals surface area contributed by atoms with E-state index in [1.807, 2.05) is 29.3 Å². The molecule has 2 aromatic heterocycles. The van der Waals surface area contributed by atoms with E-state index in [0.717, 1.165) is 31.4 Å². The van der Waals surface area contributed by atoms with Crippen LogP contribution in [0, 0.1) is 0 Å². The van der Waals surface area contributed by atoms with Gasteiger partial charge in [0.05, 0.1) is 6.54 Å². The second kappa shape index (κ2) is 10.6. The molecule has 0 amide bonds. The first kappa shape index (κ1) is 20.9. The van der Waals surface area contributed by atoms with Crippen molar-refractivity contribution in [2.75, 3.05) is 25.0 Å². The number of hydrogen-bond donors (Lipinski definition) is 2. The lowest BCUT2D eigenvalue weighted by molar-refractivity contribution is 0.573. The van der Waals surface area contributed by atoms with Crippen molar-refractivity contribution in [2.24, 2.45) is 4.99 Å². The van der Waals surface area contributed by atoms with Gasteiger partial charge in [-0.3, -0.25) is 9.67 Å². The van der Waals surface area contributed by atoms with E-state index < -0.39 is 0 Å². The maximum Gasteiger partial charge on any atom is 0.191 e. The molecule has 1 saturated heterocycles. The molecule has 0 saturated carbocycles. The van der Waals surface area contributed by atoms with E-state index in [0.29, 0.717) is 13.1 Å². The summed E-state index contributed by atoms with van der Waals surface area (Å²) in [7, 11) is 1.80. The lowest BCUT2D eigenvalue weighted by Gasteiger charge is -2.28. The summed E-state index contributed by atoms with van der Waals surface area (Å²) in [4.78, 5) is 11.3. The minimum Gasteiger partial charge on any atom is -0.357 e. The van der Waals surface area contributed by atoms with E-state index in [9.17, 15) is 0 Å². The maximum absolute atomic E-state index is 4.57. The molecule has 0 radical (unpaired) electrons. The summed E-state index contributed by atoms with van der Waals surface area (Å²) in [6.45, 7) is 4.37. The number of guanidine groups is 1. The van der Waals surface area contributed by atoms with Gasteiger partial charge in [0, 0.05) is 51.8 Å². The Hall–Kier alpha value is -3.35. The number of hydrogen-bond acceptors (Lipinski definition) is 4. The fourth-order valence-corrected chi connectivity index (χ4v) is 3.90. The predicted octanol–water partition coefficient (Wildman–Crippen LogP) is 3.18. The Morgan fingerprint density at radius 2 is 1.77 bits per heavy atom. The predicted molar refractivity (Wildman–Crippen MR) is 125 cm³/mol. The Morgan fingerprint density at radius 3 is 2.55 bits per heavy atom. The summed E-state index contributed by atoms with van der Waals surface area (Å²) in [6.07, 6.45) is 9.53. The molecule has 0 bridgehead atoms. The summed E-state index contributed by atoms with van der Waals surface area (Å²) in [6, 6.07) is 14.6. The number of aromatic nitrogens is 3. The third kappa shape index (κ3) is 5.84. The molecule has 7 nitrogen and oxygen atoms in total. The molecule has 1 aliphatic heterocycles. The molecule has 0 aliphatic carbocycles. The Balaban J connectivity index is 1.33. The van der Waals surface area contributed by atoms with Crippen molar-refractivity contribution in [2.45, 2.75) is 38.9 Å². The van der Waals surface area contributed by atoms with Gasteiger partial charge in [-0.05, 0) is 54.2 Å². The monoisotopic (exact) mass is 417 g/mol. The average Bonchev–Trinajstić information content (AvgIpc) is 3.34. The first-order valence-electron chi connectivity index (χ1n) is 11.0. The topological polar surface area (TPSA) is 70.4 Å². The van der Waals surface area contributed by atoms with Crippen molar-refractivity contribution in [3.05, 3.63) is 77.7 Å². The third-order valence-electron chi connectivity index (χ3n) is 5.63. The van der Waals surface area contributed by atoms with E-state index >= 15 is 0 Å². The molecule has 0 unspecified atom stereocenters. The summed E-state index contributed by atoms with van der Waals surface area (Å²) >= 11 is 0. The Labute approximate surface area is 184 Å². The molecular formula is C24H31N7. The second-order valence-corrected chi connectivity index (χ2v) is 7.82. The highest BCUT2D eigenvalue weighted by Gasteiger charge is 2.12. The van der Waals surface area contributed by atoms with Gasteiger partial charge in [-0.15, -0.1) is 0 Å². The van der Waals surface area contributed by atoms with Crippen molar-refractivity contribution in [1.82, 2.24) is 25.4 Å². The highest BCUT2D eigenvalue weighted by atomic mass is 15.3. The minimum atomic E-state index is 0.701. The fourth-order valence-electron chi connectivity index (χ4n) is 3.90. The summed E-state index contributed by atoms with van der Waals surface area (Å²) in [5.74, 6) is 1.86. The molecule has 0 atom stereocenters. The first-order chi connectivity index (χ1) is 15.3. The van der Waals surface area contributed by atoms with E-state index in [1.165, 1.54) is 36.0 Å².